The van der Waals surface area contributed by atoms with E-state index in [1.807, 2.05) is 12.1 Å². The lowest BCUT2D eigenvalue weighted by Crippen LogP contribution is -2.39. The summed E-state index contributed by atoms with van der Waals surface area (Å²) in [5, 5.41) is 4.13. The molecule has 0 spiro atoms. The second-order valence-corrected chi connectivity index (χ2v) is 6.37. The van der Waals surface area contributed by atoms with Crippen molar-refractivity contribution in [3.8, 4) is 0 Å². The molecule has 20 heavy (non-hydrogen) atoms. The Kier molecular flexibility index (Phi) is 5.67. The summed E-state index contributed by atoms with van der Waals surface area (Å²) < 4.78 is 0. The van der Waals surface area contributed by atoms with E-state index in [0.717, 1.165) is 61.0 Å². The molecule has 0 radical (unpaired) electrons. The van der Waals surface area contributed by atoms with Crippen LogP contribution in [0.1, 0.15) is 39.3 Å². The lowest BCUT2D eigenvalue weighted by atomic mass is 9.89. The Balaban J connectivity index is 2.06. The van der Waals surface area contributed by atoms with Crippen LogP contribution in [0.4, 0.5) is 5.82 Å². The van der Waals surface area contributed by atoms with Crippen molar-refractivity contribution in [3.05, 3.63) is 22.8 Å². The number of nitrogens with zero attached hydrogens (tertiary/aromatic N) is 2. The fourth-order valence-corrected chi connectivity index (χ4v) is 2.80. The highest BCUT2D eigenvalue weighted by Gasteiger charge is 2.23. The molecule has 1 N–H and O–H groups in total. The molecule has 1 saturated heterocycles. The second-order valence-electron chi connectivity index (χ2n) is 5.96. The Morgan fingerprint density at radius 3 is 2.85 bits per heavy atom. The maximum absolute atomic E-state index is 6.24. The highest BCUT2D eigenvalue weighted by Crippen LogP contribution is 2.27. The van der Waals surface area contributed by atoms with E-state index in [0.29, 0.717) is 0 Å². The molecule has 1 aromatic rings. The number of hydrogen-bond donors (Lipinski definition) is 1. The first-order valence-corrected chi connectivity index (χ1v) is 8.10. The predicted octanol–water partition coefficient (Wildman–Crippen LogP) is 3.72. The van der Waals surface area contributed by atoms with Gasteiger partial charge in [-0.15, -0.1) is 0 Å². The molecular formula is C16H26ClN3. The van der Waals surface area contributed by atoms with Crippen LogP contribution in [0.15, 0.2) is 12.1 Å². The van der Waals surface area contributed by atoms with Crippen LogP contribution in [0, 0.1) is 11.8 Å². The lowest BCUT2D eigenvalue weighted by Gasteiger charge is -2.36. The predicted molar refractivity (Wildman–Crippen MR) is 86.4 cm³/mol. The van der Waals surface area contributed by atoms with Crippen LogP contribution in [0.5, 0.6) is 0 Å². The van der Waals surface area contributed by atoms with E-state index < -0.39 is 0 Å². The van der Waals surface area contributed by atoms with E-state index in [4.69, 9.17) is 16.6 Å². The van der Waals surface area contributed by atoms with Gasteiger partial charge in [0, 0.05) is 19.6 Å². The molecule has 2 rings (SSSR count). The minimum absolute atomic E-state index is 0.725. The van der Waals surface area contributed by atoms with Gasteiger partial charge in [-0.3, -0.25) is 0 Å². The van der Waals surface area contributed by atoms with Crippen LogP contribution in [-0.2, 0) is 6.54 Å². The zero-order chi connectivity index (χ0) is 14.5. The molecule has 1 fully saturated rings. The molecule has 2 unspecified atom stereocenters. The summed E-state index contributed by atoms with van der Waals surface area (Å²) in [6.07, 6.45) is 2.37. The SMILES string of the molecule is CCCNCc1nc(N2CCC(C)C(C)C2)ccc1Cl. The van der Waals surface area contributed by atoms with Crippen LogP contribution in [0.2, 0.25) is 5.02 Å². The Bertz CT molecular complexity index is 436. The van der Waals surface area contributed by atoms with Crippen molar-refractivity contribution in [3.63, 3.8) is 0 Å². The second kappa shape index (κ2) is 7.28. The maximum Gasteiger partial charge on any atom is 0.128 e. The number of rotatable bonds is 5. The van der Waals surface area contributed by atoms with Gasteiger partial charge in [0.05, 0.1) is 10.7 Å². The standard InChI is InChI=1S/C16H26ClN3/c1-4-8-18-10-15-14(17)5-6-16(19-15)20-9-7-12(2)13(3)11-20/h5-6,12-13,18H,4,7-11H2,1-3H3. The first kappa shape index (κ1) is 15.6. The third-order valence-electron chi connectivity index (χ3n) is 4.28. The zero-order valence-corrected chi connectivity index (χ0v) is 13.6. The number of anilines is 1. The summed E-state index contributed by atoms with van der Waals surface area (Å²) in [4.78, 5) is 7.15. The minimum Gasteiger partial charge on any atom is -0.356 e. The number of aromatic nitrogens is 1. The third-order valence-corrected chi connectivity index (χ3v) is 4.63. The van der Waals surface area contributed by atoms with Crippen LogP contribution >= 0.6 is 11.6 Å². The Morgan fingerprint density at radius 1 is 1.35 bits per heavy atom. The van der Waals surface area contributed by atoms with Crippen molar-refractivity contribution in [2.75, 3.05) is 24.5 Å². The highest BCUT2D eigenvalue weighted by molar-refractivity contribution is 6.31. The van der Waals surface area contributed by atoms with Gasteiger partial charge < -0.3 is 10.2 Å². The molecule has 2 atom stereocenters. The first-order chi connectivity index (χ1) is 9.61. The number of halogens is 1. The van der Waals surface area contributed by atoms with E-state index in [1.54, 1.807) is 0 Å². The van der Waals surface area contributed by atoms with Gasteiger partial charge >= 0.3 is 0 Å². The normalized spacial score (nSPS) is 23.1. The summed E-state index contributed by atoms with van der Waals surface area (Å²) in [5.41, 5.74) is 0.962. The van der Waals surface area contributed by atoms with E-state index in [1.165, 1.54) is 6.42 Å². The minimum atomic E-state index is 0.725. The van der Waals surface area contributed by atoms with Crippen LogP contribution < -0.4 is 10.2 Å². The van der Waals surface area contributed by atoms with E-state index in [9.17, 15) is 0 Å². The molecular weight excluding hydrogens is 270 g/mol. The van der Waals surface area contributed by atoms with Crippen molar-refractivity contribution < 1.29 is 0 Å². The summed E-state index contributed by atoms with van der Waals surface area (Å²) in [6, 6.07) is 4.03. The number of nitrogens with one attached hydrogen (secondary N) is 1. The van der Waals surface area contributed by atoms with Gasteiger partial charge in [0.1, 0.15) is 5.82 Å². The monoisotopic (exact) mass is 295 g/mol. The first-order valence-electron chi connectivity index (χ1n) is 7.73. The number of pyridine rings is 1. The van der Waals surface area contributed by atoms with E-state index in [2.05, 4.69) is 31.0 Å². The molecule has 1 aliphatic heterocycles. The molecule has 112 valence electrons. The van der Waals surface area contributed by atoms with Gasteiger partial charge in [-0.2, -0.15) is 0 Å². The van der Waals surface area contributed by atoms with Gasteiger partial charge in [0.15, 0.2) is 0 Å². The number of hydrogen-bond acceptors (Lipinski definition) is 3. The van der Waals surface area contributed by atoms with Gasteiger partial charge in [-0.05, 0) is 43.4 Å². The Labute approximate surface area is 127 Å². The van der Waals surface area contributed by atoms with Gasteiger partial charge in [0.2, 0.25) is 0 Å². The fraction of sp³-hybridized carbons (Fsp3) is 0.688. The van der Waals surface area contributed by atoms with Crippen molar-refractivity contribution >= 4 is 17.4 Å². The largest absolute Gasteiger partial charge is 0.356 e. The molecule has 1 aromatic heterocycles. The molecule has 0 aliphatic carbocycles. The lowest BCUT2D eigenvalue weighted by molar-refractivity contribution is 0.322. The molecule has 4 heteroatoms. The summed E-state index contributed by atoms with van der Waals surface area (Å²) >= 11 is 6.24. The Hall–Kier alpha value is -0.800. The molecule has 0 aromatic carbocycles. The van der Waals surface area contributed by atoms with Crippen molar-refractivity contribution in [2.24, 2.45) is 11.8 Å². The smallest absolute Gasteiger partial charge is 0.128 e. The van der Waals surface area contributed by atoms with Crippen molar-refractivity contribution in [2.45, 2.75) is 40.2 Å². The van der Waals surface area contributed by atoms with Gasteiger partial charge in [-0.1, -0.05) is 32.4 Å². The molecule has 1 aliphatic rings. The summed E-state index contributed by atoms with van der Waals surface area (Å²) in [7, 11) is 0. The molecule has 0 amide bonds. The van der Waals surface area contributed by atoms with E-state index >= 15 is 0 Å². The topological polar surface area (TPSA) is 28.2 Å². The molecule has 0 bridgehead atoms. The average molecular weight is 296 g/mol. The van der Waals surface area contributed by atoms with Crippen LogP contribution in [0.25, 0.3) is 0 Å². The average Bonchev–Trinajstić information content (AvgIpc) is 2.44. The number of piperidine rings is 1. The maximum atomic E-state index is 6.24. The van der Waals surface area contributed by atoms with Gasteiger partial charge in [-0.25, -0.2) is 4.98 Å². The van der Waals surface area contributed by atoms with Crippen molar-refractivity contribution in [1.29, 1.82) is 0 Å². The quantitative estimate of drug-likeness (QED) is 0.839. The molecule has 2 heterocycles. The van der Waals surface area contributed by atoms with Gasteiger partial charge in [0.25, 0.3) is 0 Å². The van der Waals surface area contributed by atoms with Crippen LogP contribution in [-0.4, -0.2) is 24.6 Å². The third kappa shape index (κ3) is 3.86. The summed E-state index contributed by atoms with van der Waals surface area (Å²) in [5.74, 6) is 2.61. The zero-order valence-electron chi connectivity index (χ0n) is 12.8. The Morgan fingerprint density at radius 2 is 2.15 bits per heavy atom. The molecule has 3 nitrogen and oxygen atoms in total. The van der Waals surface area contributed by atoms with Crippen LogP contribution in [0.3, 0.4) is 0 Å². The fourth-order valence-electron chi connectivity index (χ4n) is 2.63. The van der Waals surface area contributed by atoms with Crippen molar-refractivity contribution in [1.82, 2.24) is 10.3 Å². The molecule has 0 saturated carbocycles. The van der Waals surface area contributed by atoms with E-state index in [-0.39, 0.29) is 0 Å². The summed E-state index contributed by atoms with van der Waals surface area (Å²) in [6.45, 7) is 10.8. The highest BCUT2D eigenvalue weighted by atomic mass is 35.5.